The van der Waals surface area contributed by atoms with Crippen molar-refractivity contribution in [3.8, 4) is 5.75 Å². The Bertz CT molecular complexity index is 406. The molecular formula is C13H15Cl3O3Sn+2. The Hall–Kier alpha value is -0.101. The fourth-order valence-electron chi connectivity index (χ4n) is 0.820. The molecule has 0 atom stereocenters. The molecule has 0 spiro atoms. The normalized spacial score (nSPS) is 8.50. The monoisotopic (exact) mass is 444 g/mol. The Morgan fingerprint density at radius 1 is 1.40 bits per heavy atom. The maximum atomic E-state index is 10.7. The summed E-state index contributed by atoms with van der Waals surface area (Å²) in [4.78, 5) is 10.2. The average molecular weight is 444 g/mol. The van der Waals surface area contributed by atoms with Crippen molar-refractivity contribution in [3.63, 3.8) is 0 Å². The summed E-state index contributed by atoms with van der Waals surface area (Å²) in [6.07, 6.45) is 2.80. The number of aromatic carboxylic acids is 1. The van der Waals surface area contributed by atoms with E-state index in [0.717, 1.165) is 5.54 Å². The Kier molecular flexibility index (Phi) is 17.0. The second kappa shape index (κ2) is 15.3. The summed E-state index contributed by atoms with van der Waals surface area (Å²) in [5.41, 5.74) is 0.908. The standard InChI is InChI=1S/C7H6O3.C4H9.C2HCl3.Sn/c8-6-4-2-1-3-5(6)7(9)10;1-3-4-2;3-1-2(4)5;/h1-4,8H,(H,9,10);1,3-4H2,2H3;1H;/q;;;+3/p-1. The van der Waals surface area contributed by atoms with Crippen LogP contribution in [0.4, 0.5) is 0 Å². The van der Waals surface area contributed by atoms with Crippen LogP contribution in [0.3, 0.4) is 0 Å². The number of carbonyl (C=O) groups is 1. The van der Waals surface area contributed by atoms with Crippen LogP contribution in [0.5, 0.6) is 5.75 Å². The molecular weight excluding hydrogens is 429 g/mol. The molecule has 0 aromatic heterocycles. The fourth-order valence-corrected chi connectivity index (χ4v) is 1.83. The molecule has 1 aromatic carbocycles. The minimum Gasteiger partial charge on any atom is -0.872 e. The minimum absolute atomic E-state index is 0.0895. The van der Waals surface area contributed by atoms with E-state index in [1.54, 1.807) is 22.5 Å². The Balaban J connectivity index is 0. The third-order valence-corrected chi connectivity index (χ3v) is 3.40. The maximum absolute atomic E-state index is 10.7. The summed E-state index contributed by atoms with van der Waals surface area (Å²) in [7, 11) is 0. The van der Waals surface area contributed by atoms with Gasteiger partial charge in [-0.1, -0.05) is 58.8 Å². The van der Waals surface area contributed by atoms with Crippen molar-refractivity contribution in [1.29, 1.82) is 0 Å². The summed E-state index contributed by atoms with van der Waals surface area (Å²) < 4.78 is 1.52. The van der Waals surface area contributed by atoms with Gasteiger partial charge in [-0.2, -0.15) is 0 Å². The van der Waals surface area contributed by atoms with Gasteiger partial charge in [0.1, 0.15) is 4.49 Å². The Morgan fingerprint density at radius 2 is 1.90 bits per heavy atom. The quantitative estimate of drug-likeness (QED) is 0.706. The summed E-state index contributed by atoms with van der Waals surface area (Å²) in [6, 6.07) is 5.54. The third-order valence-electron chi connectivity index (χ3n) is 1.73. The van der Waals surface area contributed by atoms with Crippen LogP contribution in [0.15, 0.2) is 34.3 Å². The van der Waals surface area contributed by atoms with Gasteiger partial charge in [0.25, 0.3) is 0 Å². The topological polar surface area (TPSA) is 60.4 Å². The van der Waals surface area contributed by atoms with Gasteiger partial charge >= 0.3 is 52.7 Å². The van der Waals surface area contributed by atoms with Crippen molar-refractivity contribution in [2.75, 3.05) is 0 Å². The second-order valence-electron chi connectivity index (χ2n) is 3.30. The van der Waals surface area contributed by atoms with Gasteiger partial charge in [0, 0.05) is 5.54 Å². The van der Waals surface area contributed by atoms with E-state index in [2.05, 4.69) is 6.92 Å². The van der Waals surface area contributed by atoms with Gasteiger partial charge in [0.2, 0.25) is 0 Å². The molecule has 1 rings (SSSR count). The summed E-state index contributed by atoms with van der Waals surface area (Å²) in [5, 5.41) is 19.0. The molecule has 0 aliphatic heterocycles. The van der Waals surface area contributed by atoms with E-state index in [-0.39, 0.29) is 10.1 Å². The second-order valence-corrected chi connectivity index (χ2v) is 5.96. The first-order chi connectivity index (χ1) is 9.40. The number of para-hydroxylation sites is 1. The molecule has 1 aromatic rings. The smallest absolute Gasteiger partial charge is 0.335 e. The molecule has 20 heavy (non-hydrogen) atoms. The van der Waals surface area contributed by atoms with Crippen LogP contribution >= 0.6 is 34.8 Å². The number of halogens is 3. The predicted octanol–water partition coefficient (Wildman–Crippen LogP) is 4.33. The molecule has 0 saturated carbocycles. The molecule has 0 aliphatic rings. The van der Waals surface area contributed by atoms with E-state index >= 15 is 0 Å². The maximum Gasteiger partial charge on any atom is 0.335 e. The molecule has 0 heterocycles. The molecule has 0 fully saturated rings. The van der Waals surface area contributed by atoms with Gasteiger partial charge in [-0.15, -0.1) is 0 Å². The molecule has 3 nitrogen and oxygen atoms in total. The van der Waals surface area contributed by atoms with Crippen molar-refractivity contribution < 1.29 is 15.0 Å². The minimum atomic E-state index is -1.18. The van der Waals surface area contributed by atoms with Gasteiger partial charge in [-0.05, 0) is 6.07 Å². The van der Waals surface area contributed by atoms with Gasteiger partial charge in [0.05, 0.1) is 5.56 Å². The van der Waals surface area contributed by atoms with Crippen LogP contribution in [0.2, 0.25) is 4.44 Å². The van der Waals surface area contributed by atoms with Crippen molar-refractivity contribution in [2.24, 2.45) is 0 Å². The first-order valence-electron chi connectivity index (χ1n) is 5.65. The fraction of sp³-hybridized carbons (Fsp3) is 0.308. The zero-order valence-electron chi connectivity index (χ0n) is 10.9. The van der Waals surface area contributed by atoms with E-state index < -0.39 is 11.7 Å². The molecule has 0 amide bonds. The average Bonchev–Trinajstić information content (AvgIpc) is 2.41. The van der Waals surface area contributed by atoms with Crippen LogP contribution in [0, 0.1) is 0 Å². The number of benzene rings is 1. The summed E-state index contributed by atoms with van der Waals surface area (Å²) >= 11 is 16.5. The Labute approximate surface area is 147 Å². The van der Waals surface area contributed by atoms with Crippen molar-refractivity contribution >= 4 is 63.3 Å². The number of hydrogen-bond donors (Lipinski definition) is 1. The molecule has 0 unspecified atom stereocenters. The van der Waals surface area contributed by atoms with E-state index in [4.69, 9.17) is 39.9 Å². The molecule has 0 aliphatic carbocycles. The predicted molar refractivity (Wildman–Crippen MR) is 84.0 cm³/mol. The van der Waals surface area contributed by atoms with Gasteiger partial charge in [-0.3, -0.25) is 0 Å². The number of hydrogen-bond acceptors (Lipinski definition) is 2. The number of carboxylic acids is 1. The van der Waals surface area contributed by atoms with Gasteiger partial charge in [-0.25, -0.2) is 4.79 Å². The largest absolute Gasteiger partial charge is 0.872 e. The van der Waals surface area contributed by atoms with Crippen LogP contribution in [0.25, 0.3) is 0 Å². The van der Waals surface area contributed by atoms with Crippen LogP contribution < -0.4 is 5.11 Å². The zero-order chi connectivity index (χ0) is 16.0. The number of unbranched alkanes of at least 4 members (excludes halogenated alkanes) is 1. The van der Waals surface area contributed by atoms with Crippen molar-refractivity contribution in [3.05, 3.63) is 39.9 Å². The first-order valence-corrected chi connectivity index (χ1v) is 8.87. The van der Waals surface area contributed by atoms with E-state index in [9.17, 15) is 9.90 Å². The van der Waals surface area contributed by atoms with Crippen molar-refractivity contribution in [2.45, 2.75) is 24.2 Å². The van der Waals surface area contributed by atoms with E-state index in [0.29, 0.717) is 0 Å². The van der Waals surface area contributed by atoms with E-state index in [1.165, 1.54) is 41.5 Å². The zero-order valence-corrected chi connectivity index (χ0v) is 16.0. The summed E-state index contributed by atoms with van der Waals surface area (Å²) in [6.45, 7) is 2.23. The van der Waals surface area contributed by atoms with Gasteiger partial charge in [0.15, 0.2) is 0 Å². The van der Waals surface area contributed by atoms with E-state index in [1.807, 2.05) is 0 Å². The van der Waals surface area contributed by atoms with Crippen molar-refractivity contribution in [1.82, 2.24) is 0 Å². The molecule has 0 radical (unpaired) electrons. The first kappa shape index (κ1) is 22.2. The molecule has 7 heteroatoms. The number of rotatable bonds is 3. The molecule has 1 N–H and O–H groups in total. The Morgan fingerprint density at radius 3 is 2.10 bits per heavy atom. The molecule has 0 bridgehead atoms. The third kappa shape index (κ3) is 14.3. The van der Waals surface area contributed by atoms with Crippen LogP contribution in [-0.2, 0) is 0 Å². The molecule has 108 valence electrons. The van der Waals surface area contributed by atoms with Crippen LogP contribution in [-0.4, -0.2) is 33.6 Å². The molecule has 0 saturated heterocycles. The van der Waals surface area contributed by atoms with Crippen LogP contribution in [0.1, 0.15) is 30.1 Å². The van der Waals surface area contributed by atoms with Gasteiger partial charge < -0.3 is 10.2 Å². The SMILES string of the molecule is CCC[CH2][Sn+3].ClC=C(Cl)Cl.O=C(O)c1ccccc1[O-]. The number of carboxylic acid groups (broad SMARTS) is 1. The summed E-state index contributed by atoms with van der Waals surface area (Å²) in [5.74, 6) is -1.62.